The van der Waals surface area contributed by atoms with E-state index in [2.05, 4.69) is 0 Å². The predicted molar refractivity (Wildman–Crippen MR) is 85.2 cm³/mol. The summed E-state index contributed by atoms with van der Waals surface area (Å²) in [6, 6.07) is 3.00. The van der Waals surface area contributed by atoms with Crippen LogP contribution in [0.5, 0.6) is 0 Å². The summed E-state index contributed by atoms with van der Waals surface area (Å²) in [4.78, 5) is 24.5. The molecule has 0 bridgehead atoms. The third-order valence-electron chi connectivity index (χ3n) is 2.68. The van der Waals surface area contributed by atoms with Gasteiger partial charge in [-0.25, -0.2) is 0 Å². The Morgan fingerprint density at radius 3 is 1.36 bits per heavy atom. The van der Waals surface area contributed by atoms with Crippen molar-refractivity contribution >= 4 is 23.5 Å². The van der Waals surface area contributed by atoms with Gasteiger partial charge in [0, 0.05) is 28.2 Å². The smallest absolute Gasteiger partial charge is 0.353 e. The zero-order chi connectivity index (χ0) is 16.9. The third-order valence-corrected chi connectivity index (χ3v) is 2.68. The van der Waals surface area contributed by atoms with Gasteiger partial charge < -0.3 is 9.80 Å². The van der Waals surface area contributed by atoms with Crippen molar-refractivity contribution in [2.24, 2.45) is 0 Å². The fourth-order valence-electron chi connectivity index (χ4n) is 1.72. The SMILES string of the molecule is CN(C)/C=C/c1ccc(/C=C/N(C)C)c([N+](=O)[O-])c1[N+](=O)[O-]. The summed E-state index contributed by atoms with van der Waals surface area (Å²) in [5, 5.41) is 22.6. The summed E-state index contributed by atoms with van der Waals surface area (Å²) in [6.07, 6.45) is 6.15. The molecule has 22 heavy (non-hydrogen) atoms. The summed E-state index contributed by atoms with van der Waals surface area (Å²) in [5.41, 5.74) is -0.646. The second kappa shape index (κ2) is 7.21. The van der Waals surface area contributed by atoms with E-state index in [0.29, 0.717) is 0 Å². The van der Waals surface area contributed by atoms with E-state index in [-0.39, 0.29) is 11.1 Å². The lowest BCUT2D eigenvalue weighted by atomic mass is 10.1. The number of hydrogen-bond acceptors (Lipinski definition) is 6. The highest BCUT2D eigenvalue weighted by molar-refractivity contribution is 5.77. The van der Waals surface area contributed by atoms with Crippen LogP contribution in [0.25, 0.3) is 12.2 Å². The average molecular weight is 306 g/mol. The number of hydrogen-bond donors (Lipinski definition) is 0. The molecule has 1 rings (SSSR count). The fourth-order valence-corrected chi connectivity index (χ4v) is 1.72. The van der Waals surface area contributed by atoms with Crippen LogP contribution in [0.3, 0.4) is 0 Å². The molecule has 1 aromatic rings. The van der Waals surface area contributed by atoms with Crippen molar-refractivity contribution in [1.82, 2.24) is 9.80 Å². The Labute approximate surface area is 128 Å². The van der Waals surface area contributed by atoms with E-state index in [9.17, 15) is 20.2 Å². The molecule has 0 spiro atoms. The number of rotatable bonds is 6. The first kappa shape index (κ1) is 17.2. The largest absolute Gasteiger partial charge is 0.383 e. The first-order valence-electron chi connectivity index (χ1n) is 6.39. The molecule has 0 aliphatic carbocycles. The standard InChI is InChI=1S/C14H18N4O4/c1-15(2)9-7-11-5-6-12(8-10-16(3)4)14(18(21)22)13(11)17(19)20/h5-10H,1-4H3/b9-7+,10-8+. The monoisotopic (exact) mass is 306 g/mol. The Balaban J connectivity index is 3.56. The Bertz CT molecular complexity index is 581. The summed E-state index contributed by atoms with van der Waals surface area (Å²) < 4.78 is 0. The van der Waals surface area contributed by atoms with Crippen LogP contribution in [0.1, 0.15) is 11.1 Å². The minimum absolute atomic E-state index is 0.187. The maximum atomic E-state index is 11.3. The van der Waals surface area contributed by atoms with Gasteiger partial charge in [0.15, 0.2) is 0 Å². The van der Waals surface area contributed by atoms with Gasteiger partial charge in [-0.2, -0.15) is 0 Å². The van der Waals surface area contributed by atoms with Gasteiger partial charge in [0.25, 0.3) is 0 Å². The number of nitro groups is 2. The van der Waals surface area contributed by atoms with Gasteiger partial charge in [-0.1, -0.05) is 0 Å². The van der Waals surface area contributed by atoms with Crippen molar-refractivity contribution in [3.63, 3.8) is 0 Å². The zero-order valence-corrected chi connectivity index (χ0v) is 12.9. The Kier molecular flexibility index (Phi) is 5.62. The van der Waals surface area contributed by atoms with E-state index in [0.717, 1.165) is 0 Å². The summed E-state index contributed by atoms with van der Waals surface area (Å²) in [5.74, 6) is 0. The van der Waals surface area contributed by atoms with E-state index >= 15 is 0 Å². The van der Waals surface area contributed by atoms with Crippen LogP contribution in [0.4, 0.5) is 11.4 Å². The fraction of sp³-hybridized carbons (Fsp3) is 0.286. The van der Waals surface area contributed by atoms with Crippen LogP contribution < -0.4 is 0 Å². The second-order valence-electron chi connectivity index (χ2n) is 5.01. The minimum atomic E-state index is -0.722. The zero-order valence-electron chi connectivity index (χ0n) is 12.9. The third kappa shape index (κ3) is 4.30. The normalized spacial score (nSPS) is 11.1. The van der Waals surface area contributed by atoms with Crippen molar-refractivity contribution in [2.45, 2.75) is 0 Å². The lowest BCUT2D eigenvalue weighted by Gasteiger charge is -2.06. The first-order chi connectivity index (χ1) is 10.2. The van der Waals surface area contributed by atoms with Crippen LogP contribution in [0.15, 0.2) is 24.5 Å². The molecule has 0 saturated heterocycles. The van der Waals surface area contributed by atoms with Gasteiger partial charge in [0.05, 0.1) is 21.0 Å². The van der Waals surface area contributed by atoms with E-state index in [1.54, 1.807) is 50.4 Å². The van der Waals surface area contributed by atoms with E-state index in [1.807, 2.05) is 0 Å². The van der Waals surface area contributed by atoms with Crippen molar-refractivity contribution in [1.29, 1.82) is 0 Å². The van der Waals surface area contributed by atoms with Gasteiger partial charge in [-0.3, -0.25) is 20.2 Å². The molecule has 8 heteroatoms. The summed E-state index contributed by atoms with van der Waals surface area (Å²) in [7, 11) is 7.02. The maximum absolute atomic E-state index is 11.3. The molecule has 0 fully saturated rings. The van der Waals surface area contributed by atoms with Crippen molar-refractivity contribution in [2.75, 3.05) is 28.2 Å². The highest BCUT2D eigenvalue weighted by atomic mass is 16.6. The molecule has 0 amide bonds. The molecule has 1 aromatic carbocycles. The molecule has 0 aliphatic heterocycles. The number of benzene rings is 1. The molecular weight excluding hydrogens is 288 g/mol. The summed E-state index contributed by atoms with van der Waals surface area (Å²) in [6.45, 7) is 0. The van der Waals surface area contributed by atoms with E-state index in [1.165, 1.54) is 24.3 Å². The topological polar surface area (TPSA) is 92.8 Å². The molecule has 0 aromatic heterocycles. The van der Waals surface area contributed by atoms with Gasteiger partial charge in [0.2, 0.25) is 0 Å². The molecule has 118 valence electrons. The van der Waals surface area contributed by atoms with Crippen LogP contribution >= 0.6 is 0 Å². The lowest BCUT2D eigenvalue weighted by molar-refractivity contribution is -0.422. The molecule has 8 nitrogen and oxygen atoms in total. The molecule has 0 atom stereocenters. The molecule has 0 heterocycles. The molecule has 0 aliphatic rings. The first-order valence-corrected chi connectivity index (χ1v) is 6.39. The van der Waals surface area contributed by atoms with E-state index < -0.39 is 21.2 Å². The van der Waals surface area contributed by atoms with Crippen LogP contribution in [0.2, 0.25) is 0 Å². The molecule has 0 N–H and O–H groups in total. The number of nitro benzene ring substituents is 2. The molecular formula is C14H18N4O4. The quantitative estimate of drug-likeness (QED) is 0.592. The lowest BCUT2D eigenvalue weighted by Crippen LogP contribution is -2.04. The summed E-state index contributed by atoms with van der Waals surface area (Å²) >= 11 is 0. The maximum Gasteiger partial charge on any atom is 0.353 e. The van der Waals surface area contributed by atoms with Gasteiger partial charge in [-0.15, -0.1) is 0 Å². The Hall–Kier alpha value is -2.90. The molecule has 0 radical (unpaired) electrons. The van der Waals surface area contributed by atoms with Crippen molar-refractivity contribution < 1.29 is 9.85 Å². The van der Waals surface area contributed by atoms with Crippen molar-refractivity contribution in [3.05, 3.63) is 55.9 Å². The van der Waals surface area contributed by atoms with Gasteiger partial charge in [0.1, 0.15) is 0 Å². The van der Waals surface area contributed by atoms with Gasteiger partial charge in [-0.05, 0) is 36.7 Å². The van der Waals surface area contributed by atoms with Crippen LogP contribution in [0, 0.1) is 20.2 Å². The number of nitrogens with zero attached hydrogens (tertiary/aromatic N) is 4. The van der Waals surface area contributed by atoms with E-state index in [4.69, 9.17) is 0 Å². The van der Waals surface area contributed by atoms with Crippen LogP contribution in [-0.4, -0.2) is 47.8 Å². The Morgan fingerprint density at radius 1 is 0.818 bits per heavy atom. The Morgan fingerprint density at radius 2 is 1.14 bits per heavy atom. The van der Waals surface area contributed by atoms with Gasteiger partial charge >= 0.3 is 11.4 Å². The second-order valence-corrected chi connectivity index (χ2v) is 5.01. The predicted octanol–water partition coefficient (Wildman–Crippen LogP) is 2.57. The van der Waals surface area contributed by atoms with Crippen LogP contribution in [-0.2, 0) is 0 Å². The van der Waals surface area contributed by atoms with Crippen molar-refractivity contribution in [3.8, 4) is 0 Å². The molecule has 0 unspecified atom stereocenters. The molecule has 0 saturated carbocycles. The average Bonchev–Trinajstić information content (AvgIpc) is 2.41. The highest BCUT2D eigenvalue weighted by Crippen LogP contribution is 2.35. The highest BCUT2D eigenvalue weighted by Gasteiger charge is 2.30. The minimum Gasteiger partial charge on any atom is -0.383 e.